The average molecular weight is 453 g/mol. The van der Waals surface area contributed by atoms with Crippen molar-refractivity contribution >= 4 is 54.1 Å². The number of methoxy groups -OCH3 is 1. The minimum atomic E-state index is -1.90. The lowest BCUT2D eigenvalue weighted by Gasteiger charge is -2.36. The van der Waals surface area contributed by atoms with Crippen molar-refractivity contribution in [2.75, 3.05) is 13.7 Å². The lowest BCUT2D eigenvalue weighted by Crippen LogP contribution is -2.43. The molecule has 0 fully saturated rings. The molecule has 0 saturated heterocycles. The van der Waals surface area contributed by atoms with E-state index in [1.165, 1.54) is 0 Å². The van der Waals surface area contributed by atoms with Gasteiger partial charge in [0.05, 0.1) is 7.11 Å². The highest BCUT2D eigenvalue weighted by molar-refractivity contribution is 6.87. The number of hydrogen-bond donors (Lipinski definition) is 0. The molecule has 0 aromatic heterocycles. The van der Waals surface area contributed by atoms with Crippen molar-refractivity contribution in [1.82, 2.24) is 0 Å². The summed E-state index contributed by atoms with van der Waals surface area (Å²) in [6.45, 7) is 11.4. The Morgan fingerprint density at radius 3 is 2.41 bits per heavy atom. The molecule has 0 aliphatic rings. The van der Waals surface area contributed by atoms with Crippen molar-refractivity contribution in [3.8, 4) is 11.5 Å². The fraction of sp³-hybridized carbons (Fsp3) is 0.579. The van der Waals surface area contributed by atoms with Gasteiger partial charge in [-0.2, -0.15) is 0 Å². The summed E-state index contributed by atoms with van der Waals surface area (Å²) >= 11 is 16.7. The summed E-state index contributed by atoms with van der Waals surface area (Å²) in [7, 11) is -0.262. The molecule has 0 bridgehead atoms. The molecule has 1 rings (SSSR count). The smallest absolute Gasteiger partial charge is 0.250 e. The highest BCUT2D eigenvalue weighted by Gasteiger charge is 2.39. The molecule has 0 N–H and O–H groups in total. The molecular weight excluding hydrogens is 425 g/mol. The van der Waals surface area contributed by atoms with Crippen molar-refractivity contribution in [2.24, 2.45) is 4.99 Å². The van der Waals surface area contributed by atoms with E-state index in [0.29, 0.717) is 13.0 Å². The first-order valence-corrected chi connectivity index (χ1v) is 12.9. The number of Topliss-reactive ketones (excluding diaryl/α,β-unsaturated/α-hetero) is 1. The number of ether oxygens (including phenoxy) is 1. The number of halogens is 3. The van der Waals surface area contributed by atoms with Crippen LogP contribution in [0.4, 0.5) is 0 Å². The van der Waals surface area contributed by atoms with E-state index in [1.807, 2.05) is 18.2 Å². The molecule has 27 heavy (non-hydrogen) atoms. The lowest BCUT2D eigenvalue weighted by molar-refractivity contribution is -0.111. The second-order valence-electron chi connectivity index (χ2n) is 7.78. The third-order valence-electron chi connectivity index (χ3n) is 4.69. The van der Waals surface area contributed by atoms with Gasteiger partial charge in [-0.05, 0) is 42.6 Å². The Hall–Kier alpha value is -0.753. The third-order valence-corrected chi connectivity index (χ3v) is 9.75. The Labute approximate surface area is 178 Å². The summed E-state index contributed by atoms with van der Waals surface area (Å²) in [5.74, 6) is 1.02. The second-order valence-corrected chi connectivity index (χ2v) is 14.0. The van der Waals surface area contributed by atoms with Crippen LogP contribution >= 0.6 is 34.8 Å². The first-order chi connectivity index (χ1) is 12.4. The Kier molecular flexibility index (Phi) is 9.13. The molecule has 0 atom stereocenters. The van der Waals surface area contributed by atoms with Gasteiger partial charge in [0, 0.05) is 12.6 Å². The van der Waals surface area contributed by atoms with E-state index in [2.05, 4.69) is 38.9 Å². The number of hydrogen-bond acceptors (Lipinski definition) is 4. The summed E-state index contributed by atoms with van der Waals surface area (Å²) in [5.41, 5.74) is 1.05. The van der Waals surface area contributed by atoms with Crippen molar-refractivity contribution in [3.05, 3.63) is 23.8 Å². The van der Waals surface area contributed by atoms with Gasteiger partial charge in [-0.3, -0.25) is 9.79 Å². The molecule has 0 spiro atoms. The maximum atomic E-state index is 11.5. The van der Waals surface area contributed by atoms with Crippen LogP contribution in [0.3, 0.4) is 0 Å². The molecule has 0 saturated carbocycles. The lowest BCUT2D eigenvalue weighted by atomic mass is 10.1. The van der Waals surface area contributed by atoms with Crippen LogP contribution in [0.25, 0.3) is 0 Å². The predicted octanol–water partition coefficient (Wildman–Crippen LogP) is 6.02. The monoisotopic (exact) mass is 451 g/mol. The fourth-order valence-corrected chi connectivity index (χ4v) is 3.59. The van der Waals surface area contributed by atoms with Gasteiger partial charge < -0.3 is 9.16 Å². The minimum Gasteiger partial charge on any atom is -0.543 e. The molecule has 0 aliphatic heterocycles. The summed E-state index contributed by atoms with van der Waals surface area (Å²) in [5, 5.41) is -0.0475. The van der Waals surface area contributed by atoms with E-state index in [1.54, 1.807) is 7.11 Å². The molecule has 4 nitrogen and oxygen atoms in total. The maximum Gasteiger partial charge on any atom is 0.250 e. The molecule has 152 valence electrons. The van der Waals surface area contributed by atoms with Gasteiger partial charge in [-0.15, -0.1) is 0 Å². The van der Waals surface area contributed by atoms with Gasteiger partial charge in [-0.1, -0.05) is 61.6 Å². The van der Waals surface area contributed by atoms with Gasteiger partial charge in [0.25, 0.3) is 0 Å². The Bertz CT molecular complexity index is 685. The van der Waals surface area contributed by atoms with Crippen LogP contribution in [0.5, 0.6) is 11.5 Å². The topological polar surface area (TPSA) is 47.9 Å². The van der Waals surface area contributed by atoms with Gasteiger partial charge in [-0.25, -0.2) is 0 Å². The largest absolute Gasteiger partial charge is 0.543 e. The number of ketones is 1. The zero-order valence-electron chi connectivity index (χ0n) is 16.7. The summed E-state index contributed by atoms with van der Waals surface area (Å²) in [6, 6.07) is 5.91. The third kappa shape index (κ3) is 7.30. The Balaban J connectivity index is 2.76. The van der Waals surface area contributed by atoms with Crippen LogP contribution in [-0.2, 0) is 11.2 Å². The van der Waals surface area contributed by atoms with Crippen molar-refractivity contribution in [1.29, 1.82) is 0 Å². The standard InChI is InChI=1S/C19H28Cl3NO3Si/c1-19(2,3)27(5,6)26-14-10-9-13(15(12-14)25-4)8-7-11-23-18(22)16(24)17(20)21/h9-10,12,17H,7-8,11H2,1-6H3. The van der Waals surface area contributed by atoms with Crippen LogP contribution in [0, 0.1) is 0 Å². The molecule has 1 aromatic carbocycles. The van der Waals surface area contributed by atoms with E-state index in [4.69, 9.17) is 44.0 Å². The van der Waals surface area contributed by atoms with Crippen LogP contribution in [0.15, 0.2) is 23.2 Å². The molecule has 0 radical (unpaired) electrons. The molecule has 1 aromatic rings. The molecular formula is C19H28Cl3NO3Si. The van der Waals surface area contributed by atoms with Crippen molar-refractivity contribution in [2.45, 2.75) is 56.6 Å². The number of rotatable bonds is 9. The minimum absolute atomic E-state index is 0.124. The number of aryl methyl sites for hydroxylation is 1. The van der Waals surface area contributed by atoms with Gasteiger partial charge in [0.2, 0.25) is 14.1 Å². The zero-order chi connectivity index (χ0) is 20.8. The van der Waals surface area contributed by atoms with Crippen molar-refractivity contribution < 1.29 is 14.0 Å². The van der Waals surface area contributed by atoms with Crippen LogP contribution in [0.1, 0.15) is 32.8 Å². The first-order valence-electron chi connectivity index (χ1n) is 8.77. The van der Waals surface area contributed by atoms with E-state index in [-0.39, 0.29) is 10.2 Å². The van der Waals surface area contributed by atoms with E-state index >= 15 is 0 Å². The summed E-state index contributed by atoms with van der Waals surface area (Å²) in [4.78, 5) is 14.3. The van der Waals surface area contributed by atoms with E-state index in [0.717, 1.165) is 23.5 Å². The molecule has 0 heterocycles. The Morgan fingerprint density at radius 2 is 1.89 bits per heavy atom. The Morgan fingerprint density at radius 1 is 1.26 bits per heavy atom. The highest BCUT2D eigenvalue weighted by atomic mass is 35.5. The maximum absolute atomic E-state index is 11.5. The van der Waals surface area contributed by atoms with Crippen LogP contribution in [-0.4, -0.2) is 37.8 Å². The normalized spacial score (nSPS) is 13.0. The molecule has 0 amide bonds. The number of carbonyl (C=O) groups is 1. The quantitative estimate of drug-likeness (QED) is 0.199. The fourth-order valence-electron chi connectivity index (χ4n) is 2.06. The van der Waals surface area contributed by atoms with E-state index < -0.39 is 18.9 Å². The van der Waals surface area contributed by atoms with Gasteiger partial charge >= 0.3 is 0 Å². The van der Waals surface area contributed by atoms with Gasteiger partial charge in [0.1, 0.15) is 11.5 Å². The number of benzene rings is 1. The SMILES string of the molecule is COc1cc(O[Si](C)(C)C(C)(C)C)ccc1CCCN=C(Cl)C(=O)C(Cl)Cl. The van der Waals surface area contributed by atoms with Crippen LogP contribution < -0.4 is 9.16 Å². The molecule has 8 heteroatoms. The number of aliphatic imine (C=N–C) groups is 1. The van der Waals surface area contributed by atoms with Crippen LogP contribution in [0.2, 0.25) is 18.1 Å². The summed E-state index contributed by atoms with van der Waals surface area (Å²) < 4.78 is 11.8. The first kappa shape index (κ1) is 24.3. The second kappa shape index (κ2) is 10.1. The number of alkyl halides is 2. The average Bonchev–Trinajstić information content (AvgIpc) is 2.57. The van der Waals surface area contributed by atoms with E-state index in [9.17, 15) is 4.79 Å². The number of carbonyl (C=O) groups excluding carboxylic acids is 1. The molecule has 0 aliphatic carbocycles. The van der Waals surface area contributed by atoms with Gasteiger partial charge in [0.15, 0.2) is 10.0 Å². The van der Waals surface area contributed by atoms with Crippen molar-refractivity contribution in [3.63, 3.8) is 0 Å². The predicted molar refractivity (Wildman–Crippen MR) is 118 cm³/mol. The highest BCUT2D eigenvalue weighted by Crippen LogP contribution is 2.38. The number of nitrogens with zero attached hydrogens (tertiary/aromatic N) is 1. The zero-order valence-corrected chi connectivity index (χ0v) is 20.0. The molecule has 0 unspecified atom stereocenters. The summed E-state index contributed by atoms with van der Waals surface area (Å²) in [6.07, 6.45) is 1.44.